The Kier molecular flexibility index (Phi) is 4.20. The highest BCUT2D eigenvalue weighted by Crippen LogP contribution is 2.62. The first-order valence-electron chi connectivity index (χ1n) is 10.8. The molecule has 3 aliphatic heterocycles. The van der Waals surface area contributed by atoms with Crippen molar-refractivity contribution >= 4 is 5.97 Å². The molecule has 0 amide bonds. The Bertz CT molecular complexity index is 1050. The number of phenols is 1. The summed E-state index contributed by atoms with van der Waals surface area (Å²) in [5, 5.41) is 40.3. The van der Waals surface area contributed by atoms with Crippen molar-refractivity contribution in [3.05, 3.63) is 47.2 Å². The zero-order chi connectivity index (χ0) is 22.4. The molecule has 5 aliphatic rings. The number of aliphatic hydroxyl groups excluding tert-OH is 2. The van der Waals surface area contributed by atoms with Gasteiger partial charge in [0.05, 0.1) is 0 Å². The quantitative estimate of drug-likeness (QED) is 0.487. The van der Waals surface area contributed by atoms with E-state index in [0.717, 1.165) is 36.6 Å². The largest absolute Gasteiger partial charge is 0.504 e. The fourth-order valence-electron chi connectivity index (χ4n) is 6.37. The number of ether oxygens (including phenoxy) is 3. The molecule has 4 unspecified atom stereocenters. The van der Waals surface area contributed by atoms with Crippen molar-refractivity contribution in [1.82, 2.24) is 4.90 Å². The van der Waals surface area contributed by atoms with Gasteiger partial charge in [0.25, 0.3) is 0 Å². The number of aliphatic hydroxyl groups is 2. The number of aliphatic carboxylic acids is 1. The maximum absolute atomic E-state index is 11.4. The van der Waals surface area contributed by atoms with Gasteiger partial charge in [0, 0.05) is 22.9 Å². The Morgan fingerprint density at radius 1 is 1.25 bits per heavy atom. The zero-order valence-electron chi connectivity index (χ0n) is 17.4. The third-order valence-corrected chi connectivity index (χ3v) is 7.83. The number of hydrogen-bond donors (Lipinski definition) is 4. The molecule has 9 nitrogen and oxygen atoms in total. The monoisotopic (exact) mass is 443 g/mol. The number of likely N-dealkylation sites (tertiary alicyclic amines) is 1. The maximum Gasteiger partial charge on any atom is 0.371 e. The molecule has 6 rings (SSSR count). The van der Waals surface area contributed by atoms with Crippen LogP contribution in [-0.4, -0.2) is 81.6 Å². The summed E-state index contributed by atoms with van der Waals surface area (Å²) in [5.74, 6) is -1.10. The molecule has 4 N–H and O–H groups in total. The Hall–Kier alpha value is -2.59. The average molecular weight is 443 g/mol. The second-order valence-corrected chi connectivity index (χ2v) is 9.34. The second-order valence-electron chi connectivity index (χ2n) is 9.34. The van der Waals surface area contributed by atoms with Crippen LogP contribution in [0.25, 0.3) is 0 Å². The van der Waals surface area contributed by atoms with Crippen molar-refractivity contribution < 1.29 is 39.4 Å². The second kappa shape index (κ2) is 6.71. The van der Waals surface area contributed by atoms with Gasteiger partial charge in [-0.1, -0.05) is 18.2 Å². The smallest absolute Gasteiger partial charge is 0.371 e. The van der Waals surface area contributed by atoms with Gasteiger partial charge in [-0.25, -0.2) is 4.79 Å². The summed E-state index contributed by atoms with van der Waals surface area (Å²) in [4.78, 5) is 13.7. The number of hydrogen-bond acceptors (Lipinski definition) is 8. The van der Waals surface area contributed by atoms with Gasteiger partial charge in [0.15, 0.2) is 11.5 Å². The van der Waals surface area contributed by atoms with Crippen LogP contribution in [0.4, 0.5) is 0 Å². The molecule has 9 heteroatoms. The lowest BCUT2D eigenvalue weighted by atomic mass is 9.53. The summed E-state index contributed by atoms with van der Waals surface area (Å²) in [5.41, 5.74) is 1.79. The molecule has 2 aliphatic carbocycles. The van der Waals surface area contributed by atoms with Crippen LogP contribution in [0.1, 0.15) is 17.5 Å². The van der Waals surface area contributed by atoms with E-state index in [-0.39, 0.29) is 17.7 Å². The van der Waals surface area contributed by atoms with Gasteiger partial charge < -0.3 is 39.5 Å². The summed E-state index contributed by atoms with van der Waals surface area (Å²) in [6.07, 6.45) is 1.19. The highest BCUT2D eigenvalue weighted by molar-refractivity contribution is 5.84. The number of rotatable bonds is 3. The first kappa shape index (κ1) is 20.0. The van der Waals surface area contributed by atoms with E-state index >= 15 is 0 Å². The van der Waals surface area contributed by atoms with Crippen molar-refractivity contribution in [2.45, 2.75) is 55.0 Å². The minimum atomic E-state index is -1.45. The Labute approximate surface area is 184 Å². The fourth-order valence-corrected chi connectivity index (χ4v) is 6.37. The van der Waals surface area contributed by atoms with Crippen molar-refractivity contribution in [3.63, 3.8) is 0 Å². The molecule has 1 fully saturated rings. The van der Waals surface area contributed by atoms with Crippen LogP contribution < -0.4 is 4.74 Å². The topological polar surface area (TPSA) is 129 Å². The molecule has 1 aromatic rings. The molecule has 1 aromatic carbocycles. The first-order chi connectivity index (χ1) is 15.3. The summed E-state index contributed by atoms with van der Waals surface area (Å²) in [6, 6.07) is 3.91. The normalized spacial score (nSPS) is 41.3. The van der Waals surface area contributed by atoms with Gasteiger partial charge in [-0.15, -0.1) is 0 Å². The van der Waals surface area contributed by atoms with Gasteiger partial charge in [-0.05, 0) is 44.1 Å². The summed E-state index contributed by atoms with van der Waals surface area (Å²) < 4.78 is 17.8. The van der Waals surface area contributed by atoms with E-state index in [1.165, 1.54) is 0 Å². The van der Waals surface area contributed by atoms with Crippen molar-refractivity contribution in [2.24, 2.45) is 5.92 Å². The van der Waals surface area contributed by atoms with E-state index in [0.29, 0.717) is 5.75 Å². The molecule has 0 aromatic heterocycles. The number of piperidine rings is 1. The Balaban J connectivity index is 1.40. The summed E-state index contributed by atoms with van der Waals surface area (Å²) >= 11 is 0. The van der Waals surface area contributed by atoms with E-state index in [1.807, 2.05) is 12.1 Å². The minimum absolute atomic E-state index is 0.0860. The van der Waals surface area contributed by atoms with Gasteiger partial charge in [-0.2, -0.15) is 0 Å². The Morgan fingerprint density at radius 2 is 2.06 bits per heavy atom. The number of nitrogens with zero attached hydrogens (tertiary/aromatic N) is 1. The van der Waals surface area contributed by atoms with Crippen LogP contribution >= 0.6 is 0 Å². The Morgan fingerprint density at radius 3 is 2.84 bits per heavy atom. The summed E-state index contributed by atoms with van der Waals surface area (Å²) in [7, 11) is 2.12. The minimum Gasteiger partial charge on any atom is -0.504 e. The molecule has 170 valence electrons. The molecule has 0 saturated carbocycles. The third-order valence-electron chi connectivity index (χ3n) is 7.83. The van der Waals surface area contributed by atoms with E-state index < -0.39 is 47.8 Å². The molecular formula is C23H25NO8. The lowest BCUT2D eigenvalue weighted by molar-refractivity contribution is -0.234. The van der Waals surface area contributed by atoms with Crippen molar-refractivity contribution in [3.8, 4) is 11.5 Å². The fraction of sp³-hybridized carbons (Fsp3) is 0.522. The number of carboxylic acids is 1. The van der Waals surface area contributed by atoms with Crippen LogP contribution in [0, 0.1) is 5.92 Å². The molecule has 3 heterocycles. The van der Waals surface area contributed by atoms with Gasteiger partial charge in [-0.3, -0.25) is 0 Å². The molecule has 2 bridgehead atoms. The molecular weight excluding hydrogens is 418 g/mol. The average Bonchev–Trinajstić information content (AvgIpc) is 3.12. The van der Waals surface area contributed by atoms with Crippen LogP contribution in [-0.2, 0) is 26.1 Å². The number of benzene rings is 1. The van der Waals surface area contributed by atoms with E-state index in [9.17, 15) is 25.2 Å². The van der Waals surface area contributed by atoms with Crippen LogP contribution in [0.2, 0.25) is 0 Å². The molecule has 8 atom stereocenters. The van der Waals surface area contributed by atoms with E-state index in [2.05, 4.69) is 18.0 Å². The number of carboxylic acid groups (broad SMARTS) is 1. The van der Waals surface area contributed by atoms with Crippen LogP contribution in [0.15, 0.2) is 36.1 Å². The highest BCUT2D eigenvalue weighted by atomic mass is 16.7. The van der Waals surface area contributed by atoms with E-state index in [4.69, 9.17) is 14.2 Å². The molecule has 1 saturated heterocycles. The first-order valence-corrected chi connectivity index (χ1v) is 10.8. The maximum atomic E-state index is 11.4. The molecule has 32 heavy (non-hydrogen) atoms. The number of carbonyl (C=O) groups is 1. The molecule has 1 spiro atoms. The van der Waals surface area contributed by atoms with Crippen molar-refractivity contribution in [2.75, 3.05) is 13.6 Å². The standard InChI is InChI=1S/C23H25NO8/c1-24-7-6-23-11-3-5-15(30-22-18(27)14(26)9-16(31-22)21(28)29)20(23)32-19-13(25)4-2-10(17(19)23)8-12(11)24/h2-5,9,11-12,14-15,18,20,22,25-27H,6-8H2,1H3,(H,28,29)/t11?,12-,14?,15+,18?,20+,22?,23+/m1/s1. The SMILES string of the molecule is CN1CC[C@]23c4c5ccc(O)c4O[C@H]2[C@@H](OC2OC(C(=O)O)=CC(O)C2O)C=CC3[C@H]1C5. The van der Waals surface area contributed by atoms with Crippen molar-refractivity contribution in [1.29, 1.82) is 0 Å². The lowest BCUT2D eigenvalue weighted by Crippen LogP contribution is -2.65. The van der Waals surface area contributed by atoms with Crippen LogP contribution in [0.5, 0.6) is 11.5 Å². The predicted molar refractivity (Wildman–Crippen MR) is 109 cm³/mol. The van der Waals surface area contributed by atoms with Gasteiger partial charge in [0.1, 0.15) is 24.4 Å². The van der Waals surface area contributed by atoms with E-state index in [1.54, 1.807) is 6.07 Å². The molecule has 0 radical (unpaired) electrons. The highest BCUT2D eigenvalue weighted by Gasteiger charge is 2.65. The van der Waals surface area contributed by atoms with Gasteiger partial charge in [0.2, 0.25) is 12.0 Å². The number of aromatic hydroxyl groups is 1. The number of phenolic OH excluding ortho intramolecular Hbond substituents is 1. The zero-order valence-corrected chi connectivity index (χ0v) is 17.4. The van der Waals surface area contributed by atoms with Crippen LogP contribution in [0.3, 0.4) is 0 Å². The van der Waals surface area contributed by atoms with Gasteiger partial charge >= 0.3 is 5.97 Å². The third kappa shape index (κ3) is 2.50. The lowest BCUT2D eigenvalue weighted by Gasteiger charge is -2.57. The predicted octanol–water partition coefficient (Wildman–Crippen LogP) is 0.269. The number of likely N-dealkylation sites (N-methyl/N-ethyl adjacent to an activating group) is 1. The summed E-state index contributed by atoms with van der Waals surface area (Å²) in [6.45, 7) is 0.864.